The summed E-state index contributed by atoms with van der Waals surface area (Å²) in [6, 6.07) is 19.3. The summed E-state index contributed by atoms with van der Waals surface area (Å²) in [5, 5.41) is 4.14. The average molecular weight is 358 g/mol. The molecule has 0 aliphatic heterocycles. The summed E-state index contributed by atoms with van der Waals surface area (Å²) in [7, 11) is 0. The third-order valence-corrected chi connectivity index (χ3v) is 4.06. The molecule has 0 aliphatic carbocycles. The van der Waals surface area contributed by atoms with Crippen LogP contribution in [-0.2, 0) is 13.0 Å². The summed E-state index contributed by atoms with van der Waals surface area (Å²) in [5.41, 5.74) is 9.55. The maximum atomic E-state index is 5.66. The number of aromatic nitrogens is 3. The van der Waals surface area contributed by atoms with Crippen molar-refractivity contribution >= 4 is 5.82 Å². The number of nitrogens with zero attached hydrogens (tertiary/aromatic N) is 3. The number of nitrogen functional groups attached to an aromatic ring is 1. The molecular formula is C21H18N4O2. The first kappa shape index (κ1) is 16.8. The van der Waals surface area contributed by atoms with Crippen molar-refractivity contribution in [1.29, 1.82) is 0 Å². The fraction of sp³-hybridized carbons (Fsp3) is 0.0952. The largest absolute Gasteiger partial charge is 0.473 e. The van der Waals surface area contributed by atoms with Crippen LogP contribution < -0.4 is 10.5 Å². The molecule has 134 valence electrons. The van der Waals surface area contributed by atoms with Crippen molar-refractivity contribution in [3.8, 4) is 17.2 Å². The van der Waals surface area contributed by atoms with E-state index in [-0.39, 0.29) is 0 Å². The van der Waals surface area contributed by atoms with Gasteiger partial charge in [0.2, 0.25) is 5.88 Å². The molecule has 4 aromatic rings. The Morgan fingerprint density at radius 2 is 1.78 bits per heavy atom. The third-order valence-electron chi connectivity index (χ3n) is 4.06. The number of hydrogen-bond acceptors (Lipinski definition) is 6. The number of anilines is 1. The van der Waals surface area contributed by atoms with Crippen molar-refractivity contribution in [1.82, 2.24) is 15.1 Å². The molecule has 0 spiro atoms. The molecule has 0 saturated carbocycles. The lowest BCUT2D eigenvalue weighted by atomic mass is 10.1. The van der Waals surface area contributed by atoms with Crippen LogP contribution in [0, 0.1) is 0 Å². The van der Waals surface area contributed by atoms with Crippen molar-refractivity contribution in [3.05, 3.63) is 89.9 Å². The Kier molecular flexibility index (Phi) is 4.78. The Hall–Kier alpha value is -3.67. The van der Waals surface area contributed by atoms with Gasteiger partial charge in [-0.05, 0) is 29.3 Å². The quantitative estimate of drug-likeness (QED) is 0.563. The Morgan fingerprint density at radius 3 is 2.52 bits per heavy atom. The van der Waals surface area contributed by atoms with E-state index < -0.39 is 0 Å². The van der Waals surface area contributed by atoms with Crippen LogP contribution in [0.2, 0.25) is 0 Å². The monoisotopic (exact) mass is 358 g/mol. The molecule has 2 N–H and O–H groups in total. The lowest BCUT2D eigenvalue weighted by Gasteiger charge is -2.05. The van der Waals surface area contributed by atoms with Gasteiger partial charge in [-0.15, -0.1) is 0 Å². The van der Waals surface area contributed by atoms with E-state index >= 15 is 0 Å². The van der Waals surface area contributed by atoms with E-state index in [4.69, 9.17) is 15.0 Å². The van der Waals surface area contributed by atoms with Gasteiger partial charge in [-0.3, -0.25) is 0 Å². The molecular weight excluding hydrogens is 340 g/mol. The van der Waals surface area contributed by atoms with Gasteiger partial charge in [-0.2, -0.15) is 0 Å². The zero-order chi connectivity index (χ0) is 18.5. The predicted octanol–water partition coefficient (Wildman–Crippen LogP) is 3.88. The van der Waals surface area contributed by atoms with Crippen LogP contribution in [0.5, 0.6) is 5.88 Å². The first-order chi connectivity index (χ1) is 13.3. The highest BCUT2D eigenvalue weighted by Crippen LogP contribution is 2.21. The van der Waals surface area contributed by atoms with Crippen LogP contribution in [0.1, 0.15) is 16.8 Å². The van der Waals surface area contributed by atoms with Gasteiger partial charge in [0.15, 0.2) is 5.76 Å². The second kappa shape index (κ2) is 7.70. The summed E-state index contributed by atoms with van der Waals surface area (Å²) >= 11 is 0. The van der Waals surface area contributed by atoms with Crippen molar-refractivity contribution in [2.24, 2.45) is 0 Å². The van der Waals surface area contributed by atoms with Crippen LogP contribution in [0.25, 0.3) is 11.3 Å². The Morgan fingerprint density at radius 1 is 0.926 bits per heavy atom. The van der Waals surface area contributed by atoms with Gasteiger partial charge in [0.1, 0.15) is 12.4 Å². The standard InChI is InChI=1S/C21H18N4O2/c22-20-9-8-17(13-24-20)19-12-18(25-27-19)11-15-4-6-16(7-5-15)14-26-21-3-1-2-10-23-21/h1-10,12-13H,11,14H2,(H2,22,24). The highest BCUT2D eigenvalue weighted by molar-refractivity contribution is 5.57. The van der Waals surface area contributed by atoms with E-state index in [2.05, 4.69) is 27.3 Å². The maximum Gasteiger partial charge on any atom is 0.213 e. The van der Waals surface area contributed by atoms with Crippen molar-refractivity contribution in [2.45, 2.75) is 13.0 Å². The van der Waals surface area contributed by atoms with E-state index in [1.54, 1.807) is 18.5 Å². The van der Waals surface area contributed by atoms with Crippen molar-refractivity contribution < 1.29 is 9.26 Å². The summed E-state index contributed by atoms with van der Waals surface area (Å²) in [4.78, 5) is 8.22. The fourth-order valence-electron chi connectivity index (χ4n) is 2.63. The van der Waals surface area contributed by atoms with E-state index in [9.17, 15) is 0 Å². The minimum atomic E-state index is 0.477. The molecule has 3 aromatic heterocycles. The van der Waals surface area contributed by atoms with Crippen LogP contribution in [0.3, 0.4) is 0 Å². The smallest absolute Gasteiger partial charge is 0.213 e. The minimum Gasteiger partial charge on any atom is -0.473 e. The fourth-order valence-corrected chi connectivity index (χ4v) is 2.63. The molecule has 4 rings (SSSR count). The van der Waals surface area contributed by atoms with Crippen molar-refractivity contribution in [3.63, 3.8) is 0 Å². The van der Waals surface area contributed by atoms with Crippen LogP contribution in [0.15, 0.2) is 77.6 Å². The number of hydrogen-bond donors (Lipinski definition) is 1. The molecule has 1 aromatic carbocycles. The van der Waals surface area contributed by atoms with Gasteiger partial charge in [0, 0.05) is 36.5 Å². The highest BCUT2D eigenvalue weighted by Gasteiger charge is 2.08. The van der Waals surface area contributed by atoms with E-state index in [0.29, 0.717) is 30.5 Å². The molecule has 0 amide bonds. The van der Waals surface area contributed by atoms with Crippen LogP contribution in [-0.4, -0.2) is 15.1 Å². The molecule has 6 heteroatoms. The zero-order valence-electron chi connectivity index (χ0n) is 14.6. The van der Waals surface area contributed by atoms with Gasteiger partial charge in [-0.1, -0.05) is 35.5 Å². The molecule has 0 unspecified atom stereocenters. The SMILES string of the molecule is Nc1ccc(-c2cc(Cc3ccc(COc4ccccn4)cc3)no2)cn1. The zero-order valence-corrected chi connectivity index (χ0v) is 14.6. The molecule has 0 atom stereocenters. The number of rotatable bonds is 6. The van der Waals surface area contributed by atoms with Gasteiger partial charge in [0.05, 0.1) is 5.69 Å². The topological polar surface area (TPSA) is 87.1 Å². The summed E-state index contributed by atoms with van der Waals surface area (Å²) in [6.45, 7) is 0.482. The molecule has 0 saturated heterocycles. The van der Waals surface area contributed by atoms with Gasteiger partial charge < -0.3 is 15.0 Å². The predicted molar refractivity (Wildman–Crippen MR) is 102 cm³/mol. The van der Waals surface area contributed by atoms with Gasteiger partial charge >= 0.3 is 0 Å². The lowest BCUT2D eigenvalue weighted by molar-refractivity contribution is 0.294. The second-order valence-corrected chi connectivity index (χ2v) is 6.10. The van der Waals surface area contributed by atoms with E-state index in [1.165, 1.54) is 0 Å². The van der Waals surface area contributed by atoms with Crippen LogP contribution >= 0.6 is 0 Å². The van der Waals surface area contributed by atoms with Crippen LogP contribution in [0.4, 0.5) is 5.82 Å². The Balaban J connectivity index is 1.38. The Labute approximate surface area is 156 Å². The highest BCUT2D eigenvalue weighted by atomic mass is 16.5. The van der Waals surface area contributed by atoms with Gasteiger partial charge in [-0.25, -0.2) is 9.97 Å². The second-order valence-electron chi connectivity index (χ2n) is 6.10. The minimum absolute atomic E-state index is 0.477. The number of nitrogens with two attached hydrogens (primary N) is 1. The summed E-state index contributed by atoms with van der Waals surface area (Å²) in [5.74, 6) is 1.78. The normalized spacial score (nSPS) is 10.7. The molecule has 0 fully saturated rings. The Bertz CT molecular complexity index is 997. The first-order valence-electron chi connectivity index (χ1n) is 8.55. The summed E-state index contributed by atoms with van der Waals surface area (Å²) in [6.07, 6.45) is 4.08. The van der Waals surface area contributed by atoms with E-state index in [1.807, 2.05) is 42.5 Å². The molecule has 0 radical (unpaired) electrons. The number of pyridine rings is 2. The average Bonchev–Trinajstić information content (AvgIpc) is 3.17. The summed E-state index contributed by atoms with van der Waals surface area (Å²) < 4.78 is 11.1. The third kappa shape index (κ3) is 4.30. The maximum absolute atomic E-state index is 5.66. The molecule has 27 heavy (non-hydrogen) atoms. The van der Waals surface area contributed by atoms with Crippen molar-refractivity contribution in [2.75, 3.05) is 5.73 Å². The van der Waals surface area contributed by atoms with Gasteiger partial charge in [0.25, 0.3) is 0 Å². The number of benzene rings is 1. The first-order valence-corrected chi connectivity index (χ1v) is 8.55. The number of ether oxygens (including phenoxy) is 1. The molecule has 6 nitrogen and oxygen atoms in total. The molecule has 0 bridgehead atoms. The molecule has 0 aliphatic rings. The van der Waals surface area contributed by atoms with E-state index in [0.717, 1.165) is 22.4 Å². The molecule has 3 heterocycles. The lowest BCUT2D eigenvalue weighted by Crippen LogP contribution is -1.97.